The highest BCUT2D eigenvalue weighted by atomic mass is 15.3. The summed E-state index contributed by atoms with van der Waals surface area (Å²) in [6, 6.07) is 21.2. The van der Waals surface area contributed by atoms with Crippen molar-refractivity contribution in [3.05, 3.63) is 76.9 Å². The summed E-state index contributed by atoms with van der Waals surface area (Å²) >= 11 is 0. The molecule has 0 radical (unpaired) electrons. The molecule has 1 aliphatic rings. The number of pyridine rings is 1. The number of rotatable bonds is 3. The Labute approximate surface area is 190 Å². The van der Waals surface area contributed by atoms with E-state index in [1.54, 1.807) is 0 Å². The van der Waals surface area contributed by atoms with E-state index in [1.807, 2.05) is 12.1 Å². The number of para-hydroxylation sites is 2. The van der Waals surface area contributed by atoms with Crippen LogP contribution in [0.3, 0.4) is 0 Å². The van der Waals surface area contributed by atoms with E-state index in [1.165, 1.54) is 16.9 Å². The van der Waals surface area contributed by atoms with Crippen molar-refractivity contribution in [1.82, 2.24) is 14.3 Å². The van der Waals surface area contributed by atoms with Crippen molar-refractivity contribution >= 4 is 22.5 Å². The van der Waals surface area contributed by atoms with Crippen LogP contribution in [0.2, 0.25) is 0 Å². The first kappa shape index (κ1) is 21.9. The highest BCUT2D eigenvalue weighted by Crippen LogP contribution is 2.35. The number of imidazole rings is 1. The third kappa shape index (κ3) is 3.72. The van der Waals surface area contributed by atoms with Crippen molar-refractivity contribution in [1.29, 1.82) is 5.26 Å². The molecule has 2 aromatic heterocycles. The zero-order chi connectivity index (χ0) is 21.4. The number of fused-ring (bicyclic) bond motifs is 3. The Morgan fingerprint density at radius 3 is 2.50 bits per heavy atom. The number of hydrogen-bond acceptors (Lipinski definition) is 4. The van der Waals surface area contributed by atoms with E-state index in [0.717, 1.165) is 61.3 Å². The molecule has 1 saturated heterocycles. The van der Waals surface area contributed by atoms with Gasteiger partial charge >= 0.3 is 0 Å². The fourth-order valence-corrected chi connectivity index (χ4v) is 4.77. The molecule has 0 aliphatic carbocycles. The van der Waals surface area contributed by atoms with Crippen molar-refractivity contribution in [3.8, 4) is 6.07 Å². The second-order valence-electron chi connectivity index (χ2n) is 8.48. The Morgan fingerprint density at radius 1 is 0.969 bits per heavy atom. The summed E-state index contributed by atoms with van der Waals surface area (Å²) in [5.74, 6) is 1.19. The standard InChI is InChI=1S/C26H27N5.CH4/c1-19-21(17-20-9-4-3-5-10-20)26(30-14-8-13-29(2)15-16-30)31-24-12-7-6-11-23(24)28-25(31)22(19)18-27;/h3-7,9-12H,8,13-17H2,1-2H3;1H4. The van der Waals surface area contributed by atoms with Gasteiger partial charge in [-0.25, -0.2) is 4.98 Å². The Bertz CT molecular complexity index is 1280. The van der Waals surface area contributed by atoms with E-state index in [2.05, 4.69) is 76.7 Å². The van der Waals surface area contributed by atoms with Gasteiger partial charge in [0.2, 0.25) is 0 Å². The average Bonchev–Trinajstić information content (AvgIpc) is 3.03. The van der Waals surface area contributed by atoms with Crippen LogP contribution in [0.5, 0.6) is 0 Å². The average molecular weight is 426 g/mol. The normalized spacial score (nSPS) is 14.8. The summed E-state index contributed by atoms with van der Waals surface area (Å²) in [5, 5.41) is 10.1. The van der Waals surface area contributed by atoms with Gasteiger partial charge < -0.3 is 9.80 Å². The smallest absolute Gasteiger partial charge is 0.157 e. The monoisotopic (exact) mass is 425 g/mol. The molecule has 32 heavy (non-hydrogen) atoms. The molecule has 5 rings (SSSR count). The van der Waals surface area contributed by atoms with E-state index in [-0.39, 0.29) is 7.43 Å². The number of anilines is 1. The van der Waals surface area contributed by atoms with Crippen LogP contribution in [0.15, 0.2) is 54.6 Å². The van der Waals surface area contributed by atoms with Crippen molar-refractivity contribution < 1.29 is 0 Å². The Hall–Kier alpha value is -3.36. The minimum Gasteiger partial charge on any atom is -0.356 e. The van der Waals surface area contributed by atoms with Gasteiger partial charge in [0.15, 0.2) is 5.65 Å². The number of nitrogens with zero attached hydrogens (tertiary/aromatic N) is 5. The molecular weight excluding hydrogens is 394 g/mol. The number of aromatic nitrogens is 2. The van der Waals surface area contributed by atoms with E-state index in [9.17, 15) is 5.26 Å². The Morgan fingerprint density at radius 2 is 1.72 bits per heavy atom. The Balaban J connectivity index is 0.00000245. The molecule has 4 aromatic rings. The van der Waals surface area contributed by atoms with Gasteiger partial charge in [0.1, 0.15) is 11.9 Å². The number of likely N-dealkylation sites (N-methyl/N-ethyl adjacent to an activating group) is 1. The van der Waals surface area contributed by atoms with Crippen molar-refractivity contribution in [2.75, 3.05) is 38.1 Å². The maximum Gasteiger partial charge on any atom is 0.157 e. The number of nitriles is 1. The highest BCUT2D eigenvalue weighted by molar-refractivity contribution is 5.86. The van der Waals surface area contributed by atoms with Crippen LogP contribution < -0.4 is 4.90 Å². The summed E-state index contributed by atoms with van der Waals surface area (Å²) in [4.78, 5) is 9.80. The van der Waals surface area contributed by atoms with E-state index in [0.29, 0.717) is 5.56 Å². The zero-order valence-electron chi connectivity index (χ0n) is 18.2. The van der Waals surface area contributed by atoms with Crippen molar-refractivity contribution in [3.63, 3.8) is 0 Å². The molecular formula is C27H31N5. The lowest BCUT2D eigenvalue weighted by Gasteiger charge is -2.28. The molecule has 0 saturated carbocycles. The first-order chi connectivity index (χ1) is 15.2. The third-order valence-corrected chi connectivity index (χ3v) is 6.45. The van der Waals surface area contributed by atoms with Gasteiger partial charge in [-0.15, -0.1) is 0 Å². The zero-order valence-corrected chi connectivity index (χ0v) is 18.2. The van der Waals surface area contributed by atoms with Crippen LogP contribution in [0, 0.1) is 18.3 Å². The molecule has 0 unspecified atom stereocenters. The van der Waals surface area contributed by atoms with Gasteiger partial charge in [-0.3, -0.25) is 4.40 Å². The molecule has 3 heterocycles. The van der Waals surface area contributed by atoms with E-state index in [4.69, 9.17) is 4.98 Å². The van der Waals surface area contributed by atoms with Gasteiger partial charge in [-0.05, 0) is 50.2 Å². The molecule has 2 aromatic carbocycles. The molecule has 0 bridgehead atoms. The van der Waals surface area contributed by atoms with Gasteiger partial charge in [0.25, 0.3) is 0 Å². The quantitative estimate of drug-likeness (QED) is 0.462. The Kier molecular flexibility index (Phi) is 6.16. The highest BCUT2D eigenvalue weighted by Gasteiger charge is 2.25. The molecule has 0 spiro atoms. The summed E-state index contributed by atoms with van der Waals surface area (Å²) in [5.41, 5.74) is 6.97. The van der Waals surface area contributed by atoms with Crippen molar-refractivity contribution in [2.45, 2.75) is 27.2 Å². The lowest BCUT2D eigenvalue weighted by molar-refractivity contribution is 0.360. The molecule has 5 nitrogen and oxygen atoms in total. The first-order valence-electron chi connectivity index (χ1n) is 11.0. The largest absolute Gasteiger partial charge is 0.356 e. The van der Waals surface area contributed by atoms with Gasteiger partial charge in [-0.2, -0.15) is 5.26 Å². The predicted octanol–water partition coefficient (Wildman–Crippen LogP) is 5.04. The van der Waals surface area contributed by atoms with Crippen LogP contribution in [-0.2, 0) is 6.42 Å². The predicted molar refractivity (Wildman–Crippen MR) is 132 cm³/mol. The van der Waals surface area contributed by atoms with Crippen molar-refractivity contribution in [2.24, 2.45) is 0 Å². The summed E-state index contributed by atoms with van der Waals surface area (Å²) in [7, 11) is 2.20. The van der Waals surface area contributed by atoms with E-state index >= 15 is 0 Å². The molecule has 0 atom stereocenters. The molecule has 5 heteroatoms. The van der Waals surface area contributed by atoms with Gasteiger partial charge in [-0.1, -0.05) is 49.9 Å². The molecule has 0 amide bonds. The minimum absolute atomic E-state index is 0. The van der Waals surface area contributed by atoms with E-state index < -0.39 is 0 Å². The maximum absolute atomic E-state index is 10.1. The van der Waals surface area contributed by atoms with Gasteiger partial charge in [0.05, 0.1) is 16.6 Å². The number of benzene rings is 2. The van der Waals surface area contributed by atoms with Crippen LogP contribution in [0.25, 0.3) is 16.7 Å². The lowest BCUT2D eigenvalue weighted by Crippen LogP contribution is -2.31. The maximum atomic E-state index is 10.1. The first-order valence-corrected chi connectivity index (χ1v) is 11.0. The topological polar surface area (TPSA) is 47.6 Å². The second-order valence-corrected chi connectivity index (χ2v) is 8.48. The minimum atomic E-state index is 0. The molecule has 0 N–H and O–H groups in total. The SMILES string of the molecule is C.Cc1c(Cc2ccccc2)c(N2CCCN(C)CC2)n2c(nc3ccccc32)c1C#N. The number of hydrogen-bond donors (Lipinski definition) is 0. The fourth-order valence-electron chi connectivity index (χ4n) is 4.77. The second kappa shape index (κ2) is 9.02. The summed E-state index contributed by atoms with van der Waals surface area (Å²) < 4.78 is 2.24. The van der Waals surface area contributed by atoms with Crippen LogP contribution in [0.1, 0.15) is 36.1 Å². The molecule has 1 aliphatic heterocycles. The fraction of sp³-hybridized carbons (Fsp3) is 0.333. The third-order valence-electron chi connectivity index (χ3n) is 6.45. The van der Waals surface area contributed by atoms with Gasteiger partial charge in [0, 0.05) is 31.6 Å². The summed E-state index contributed by atoms with van der Waals surface area (Å²) in [6.07, 6.45) is 1.92. The van der Waals surface area contributed by atoms with Crippen LogP contribution >= 0.6 is 0 Å². The lowest BCUT2D eigenvalue weighted by atomic mass is 9.97. The van der Waals surface area contributed by atoms with Crippen LogP contribution in [0.4, 0.5) is 5.82 Å². The molecule has 1 fully saturated rings. The molecule has 164 valence electrons. The van der Waals surface area contributed by atoms with Crippen LogP contribution in [-0.4, -0.2) is 47.5 Å². The summed E-state index contributed by atoms with van der Waals surface area (Å²) in [6.45, 7) is 6.18.